The normalized spacial score (nSPS) is 15.1. The first kappa shape index (κ1) is 22.1. The zero-order valence-corrected chi connectivity index (χ0v) is 18.3. The smallest absolute Gasteiger partial charge is 0.255 e. The summed E-state index contributed by atoms with van der Waals surface area (Å²) in [6.07, 6.45) is 3.25. The Kier molecular flexibility index (Phi) is 7.33. The molecular formula is C22H29N3O4S. The van der Waals surface area contributed by atoms with E-state index in [0.717, 1.165) is 18.5 Å². The van der Waals surface area contributed by atoms with Crippen molar-refractivity contribution in [2.24, 2.45) is 0 Å². The van der Waals surface area contributed by atoms with Crippen LogP contribution in [0.3, 0.4) is 0 Å². The fourth-order valence-corrected chi connectivity index (χ4v) is 4.20. The molecule has 1 amide bonds. The third-order valence-corrected chi connectivity index (χ3v) is 6.37. The third-order valence-electron chi connectivity index (χ3n) is 5.06. The molecule has 0 aromatic heterocycles. The van der Waals surface area contributed by atoms with Crippen LogP contribution in [-0.4, -0.2) is 57.7 Å². The van der Waals surface area contributed by atoms with Gasteiger partial charge in [-0.2, -0.15) is 4.31 Å². The summed E-state index contributed by atoms with van der Waals surface area (Å²) >= 11 is 0. The van der Waals surface area contributed by atoms with Gasteiger partial charge in [-0.25, -0.2) is 8.42 Å². The van der Waals surface area contributed by atoms with Crippen molar-refractivity contribution in [2.75, 3.05) is 49.3 Å². The van der Waals surface area contributed by atoms with Crippen molar-refractivity contribution >= 4 is 27.3 Å². The van der Waals surface area contributed by atoms with Crippen LogP contribution in [0.15, 0.2) is 48.5 Å². The number of nitrogens with one attached hydrogen (secondary N) is 1. The topological polar surface area (TPSA) is 79.0 Å². The number of unbranched alkanes of at least 4 members (excludes halogenated alkanes) is 1. The highest BCUT2D eigenvalue weighted by Gasteiger charge is 2.24. The second kappa shape index (κ2) is 9.95. The van der Waals surface area contributed by atoms with Crippen molar-refractivity contribution in [1.29, 1.82) is 0 Å². The number of piperazine rings is 1. The number of benzene rings is 2. The number of para-hydroxylation sites is 2. The molecule has 0 radical (unpaired) electrons. The SMILES string of the molecule is CCCCOc1cccc(C(=O)Nc2ccccc2N2CCN(S(C)(=O)=O)CC2)c1. The van der Waals surface area contributed by atoms with Crippen LogP contribution in [0.2, 0.25) is 0 Å². The second-order valence-corrected chi connectivity index (χ2v) is 9.33. The third kappa shape index (κ3) is 5.73. The summed E-state index contributed by atoms with van der Waals surface area (Å²) in [6, 6.07) is 14.8. The number of hydrogen-bond donors (Lipinski definition) is 1. The van der Waals surface area contributed by atoms with E-state index in [-0.39, 0.29) is 5.91 Å². The first-order valence-electron chi connectivity index (χ1n) is 10.2. The highest BCUT2D eigenvalue weighted by atomic mass is 32.2. The number of rotatable bonds is 8. The van der Waals surface area contributed by atoms with Crippen LogP contribution in [-0.2, 0) is 10.0 Å². The van der Waals surface area contributed by atoms with Crippen LogP contribution in [0.1, 0.15) is 30.1 Å². The predicted octanol–water partition coefficient (Wildman–Crippen LogP) is 3.20. The highest BCUT2D eigenvalue weighted by Crippen LogP contribution is 2.28. The molecule has 2 aromatic rings. The molecule has 162 valence electrons. The van der Waals surface area contributed by atoms with Gasteiger partial charge < -0.3 is 15.0 Å². The Hall–Kier alpha value is -2.58. The number of hydrogen-bond acceptors (Lipinski definition) is 5. The Bertz CT molecular complexity index is 970. The zero-order chi connectivity index (χ0) is 21.6. The summed E-state index contributed by atoms with van der Waals surface area (Å²) in [5, 5.41) is 2.99. The molecule has 8 heteroatoms. The average Bonchev–Trinajstić information content (AvgIpc) is 2.74. The molecule has 0 unspecified atom stereocenters. The first-order valence-corrected chi connectivity index (χ1v) is 12.1. The minimum Gasteiger partial charge on any atom is -0.494 e. The zero-order valence-electron chi connectivity index (χ0n) is 17.5. The maximum atomic E-state index is 12.8. The summed E-state index contributed by atoms with van der Waals surface area (Å²) in [5.74, 6) is 0.472. The van der Waals surface area contributed by atoms with E-state index in [1.807, 2.05) is 36.4 Å². The number of amides is 1. The number of carbonyl (C=O) groups excluding carboxylic acids is 1. The maximum Gasteiger partial charge on any atom is 0.255 e. The van der Waals surface area contributed by atoms with E-state index in [0.29, 0.717) is 49.8 Å². The Morgan fingerprint density at radius 3 is 2.50 bits per heavy atom. The highest BCUT2D eigenvalue weighted by molar-refractivity contribution is 7.88. The van der Waals surface area contributed by atoms with Crippen molar-refractivity contribution < 1.29 is 17.9 Å². The summed E-state index contributed by atoms with van der Waals surface area (Å²) in [7, 11) is -3.18. The Balaban J connectivity index is 1.69. The molecule has 30 heavy (non-hydrogen) atoms. The molecule has 0 saturated carbocycles. The second-order valence-electron chi connectivity index (χ2n) is 7.35. The van der Waals surface area contributed by atoms with Gasteiger partial charge >= 0.3 is 0 Å². The van der Waals surface area contributed by atoms with Crippen LogP contribution in [0, 0.1) is 0 Å². The molecule has 0 bridgehead atoms. The molecule has 1 saturated heterocycles. The number of carbonyl (C=O) groups is 1. The van der Waals surface area contributed by atoms with Gasteiger partial charge in [0.25, 0.3) is 5.91 Å². The van der Waals surface area contributed by atoms with Gasteiger partial charge in [0, 0.05) is 31.7 Å². The molecule has 1 aliphatic heterocycles. The van der Waals surface area contributed by atoms with Gasteiger partial charge in [-0.1, -0.05) is 31.5 Å². The molecule has 1 aliphatic rings. The standard InChI is InChI=1S/C22H29N3O4S/c1-3-4-16-29-19-9-7-8-18(17-19)22(26)23-20-10-5-6-11-21(20)24-12-14-25(15-13-24)30(2,27)28/h5-11,17H,3-4,12-16H2,1-2H3,(H,23,26). The quantitative estimate of drug-likeness (QED) is 0.650. The molecule has 3 rings (SSSR count). The Morgan fingerprint density at radius 1 is 1.07 bits per heavy atom. The van der Waals surface area contributed by atoms with Gasteiger partial charge in [0.15, 0.2) is 0 Å². The van der Waals surface area contributed by atoms with Gasteiger partial charge in [-0.05, 0) is 36.8 Å². The van der Waals surface area contributed by atoms with Gasteiger partial charge in [-0.15, -0.1) is 0 Å². The largest absolute Gasteiger partial charge is 0.494 e. The minimum atomic E-state index is -3.18. The predicted molar refractivity (Wildman–Crippen MR) is 120 cm³/mol. The molecule has 1 heterocycles. The monoisotopic (exact) mass is 431 g/mol. The Labute approximate surface area is 178 Å². The molecular weight excluding hydrogens is 402 g/mol. The first-order chi connectivity index (χ1) is 14.4. The molecule has 1 N–H and O–H groups in total. The molecule has 0 aliphatic carbocycles. The van der Waals surface area contributed by atoms with Crippen LogP contribution in [0.5, 0.6) is 5.75 Å². The van der Waals surface area contributed by atoms with Gasteiger partial charge in [0.1, 0.15) is 5.75 Å². The molecule has 7 nitrogen and oxygen atoms in total. The fraction of sp³-hybridized carbons (Fsp3) is 0.409. The van der Waals surface area contributed by atoms with Crippen molar-refractivity contribution in [3.63, 3.8) is 0 Å². The summed E-state index contributed by atoms with van der Waals surface area (Å²) in [4.78, 5) is 14.9. The average molecular weight is 432 g/mol. The van der Waals surface area contributed by atoms with Crippen molar-refractivity contribution in [2.45, 2.75) is 19.8 Å². The van der Waals surface area contributed by atoms with Crippen LogP contribution in [0.25, 0.3) is 0 Å². The van der Waals surface area contributed by atoms with E-state index in [9.17, 15) is 13.2 Å². The lowest BCUT2D eigenvalue weighted by Crippen LogP contribution is -2.48. The number of ether oxygens (including phenoxy) is 1. The van der Waals surface area contributed by atoms with E-state index in [2.05, 4.69) is 17.1 Å². The summed E-state index contributed by atoms with van der Waals surface area (Å²) in [5.41, 5.74) is 2.11. The lowest BCUT2D eigenvalue weighted by Gasteiger charge is -2.35. The molecule has 0 atom stereocenters. The molecule has 2 aromatic carbocycles. The maximum absolute atomic E-state index is 12.8. The Morgan fingerprint density at radius 2 is 1.80 bits per heavy atom. The van der Waals surface area contributed by atoms with Gasteiger partial charge in [-0.3, -0.25) is 4.79 Å². The van der Waals surface area contributed by atoms with E-state index in [4.69, 9.17) is 4.74 Å². The number of anilines is 2. The number of sulfonamides is 1. The van der Waals surface area contributed by atoms with E-state index < -0.39 is 10.0 Å². The van der Waals surface area contributed by atoms with E-state index in [1.54, 1.807) is 12.1 Å². The lowest BCUT2D eigenvalue weighted by atomic mass is 10.1. The van der Waals surface area contributed by atoms with Crippen molar-refractivity contribution in [1.82, 2.24) is 4.31 Å². The summed E-state index contributed by atoms with van der Waals surface area (Å²) in [6.45, 7) is 4.73. The lowest BCUT2D eigenvalue weighted by molar-refractivity contribution is 0.102. The molecule has 1 fully saturated rings. The van der Waals surface area contributed by atoms with Crippen LogP contribution in [0.4, 0.5) is 11.4 Å². The minimum absolute atomic E-state index is 0.210. The number of nitrogens with zero attached hydrogens (tertiary/aromatic N) is 2. The van der Waals surface area contributed by atoms with Gasteiger partial charge in [0.2, 0.25) is 10.0 Å². The molecule has 0 spiro atoms. The van der Waals surface area contributed by atoms with Crippen LogP contribution >= 0.6 is 0 Å². The van der Waals surface area contributed by atoms with Crippen molar-refractivity contribution in [3.8, 4) is 5.75 Å². The van der Waals surface area contributed by atoms with Crippen LogP contribution < -0.4 is 15.0 Å². The summed E-state index contributed by atoms with van der Waals surface area (Å²) < 4.78 is 30.7. The fourth-order valence-electron chi connectivity index (χ4n) is 3.37. The van der Waals surface area contributed by atoms with E-state index >= 15 is 0 Å². The van der Waals surface area contributed by atoms with E-state index in [1.165, 1.54) is 10.6 Å². The van der Waals surface area contributed by atoms with Gasteiger partial charge in [0.05, 0.1) is 24.2 Å². The van der Waals surface area contributed by atoms with Crippen molar-refractivity contribution in [3.05, 3.63) is 54.1 Å².